The monoisotopic (exact) mass is 487 g/mol. The fraction of sp³-hybridized carbons (Fsp3) is 0.480. The molecule has 34 heavy (non-hydrogen) atoms. The van der Waals surface area contributed by atoms with E-state index in [0.29, 0.717) is 36.9 Å². The number of ether oxygens (including phenoxy) is 2. The van der Waals surface area contributed by atoms with Crippen LogP contribution in [0.25, 0.3) is 0 Å². The highest BCUT2D eigenvalue weighted by Gasteiger charge is 2.30. The van der Waals surface area contributed by atoms with Crippen molar-refractivity contribution < 1.29 is 22.7 Å². The first-order valence-electron chi connectivity index (χ1n) is 11.8. The first kappa shape index (κ1) is 24.3. The lowest BCUT2D eigenvalue weighted by molar-refractivity contribution is -0.122. The number of nitrogens with one attached hydrogen (secondary N) is 1. The van der Waals surface area contributed by atoms with E-state index in [1.165, 1.54) is 24.8 Å². The number of benzene rings is 2. The van der Waals surface area contributed by atoms with Crippen LogP contribution in [0.15, 0.2) is 42.5 Å². The van der Waals surface area contributed by atoms with Gasteiger partial charge in [0.1, 0.15) is 19.3 Å². The molecule has 1 atom stereocenters. The van der Waals surface area contributed by atoms with Gasteiger partial charge in [-0.25, -0.2) is 8.42 Å². The Bertz CT molecular complexity index is 1100. The predicted octanol–water partition coefficient (Wildman–Crippen LogP) is 2.91. The van der Waals surface area contributed by atoms with Gasteiger partial charge >= 0.3 is 0 Å². The molecule has 4 rings (SSSR count). The van der Waals surface area contributed by atoms with Crippen LogP contribution in [0.2, 0.25) is 0 Å². The highest BCUT2D eigenvalue weighted by atomic mass is 32.2. The fourth-order valence-electron chi connectivity index (χ4n) is 4.45. The van der Waals surface area contributed by atoms with Crippen LogP contribution in [-0.2, 0) is 27.9 Å². The first-order chi connectivity index (χ1) is 16.3. The molecule has 0 radical (unpaired) electrons. The van der Waals surface area contributed by atoms with E-state index in [2.05, 4.69) is 22.3 Å². The molecule has 2 aliphatic heterocycles. The molecule has 0 aromatic heterocycles. The van der Waals surface area contributed by atoms with Crippen LogP contribution in [-0.4, -0.2) is 57.8 Å². The van der Waals surface area contributed by atoms with Gasteiger partial charge in [0.25, 0.3) is 0 Å². The lowest BCUT2D eigenvalue weighted by Crippen LogP contribution is -2.47. The maximum atomic E-state index is 12.9. The van der Waals surface area contributed by atoms with Gasteiger partial charge in [-0.05, 0) is 56.1 Å². The minimum atomic E-state index is -3.72. The predicted molar refractivity (Wildman–Crippen MR) is 132 cm³/mol. The summed E-state index contributed by atoms with van der Waals surface area (Å²) in [4.78, 5) is 15.4. The molecule has 2 aromatic carbocycles. The molecular formula is C25H33N3O5S. The third-order valence-electron chi connectivity index (χ3n) is 6.21. The maximum absolute atomic E-state index is 12.9. The van der Waals surface area contributed by atoms with Gasteiger partial charge < -0.3 is 14.8 Å². The Morgan fingerprint density at radius 1 is 1.00 bits per heavy atom. The van der Waals surface area contributed by atoms with Crippen LogP contribution in [0, 0.1) is 0 Å². The molecule has 9 heteroatoms. The third-order valence-corrected chi connectivity index (χ3v) is 7.45. The second-order valence-electron chi connectivity index (χ2n) is 8.93. The van der Waals surface area contributed by atoms with E-state index >= 15 is 0 Å². The molecule has 184 valence electrons. The molecule has 2 heterocycles. The average Bonchev–Trinajstić information content (AvgIpc) is 2.83. The molecule has 0 aliphatic carbocycles. The van der Waals surface area contributed by atoms with Crippen LogP contribution in [0.1, 0.15) is 37.3 Å². The van der Waals surface area contributed by atoms with Gasteiger partial charge in [0.15, 0.2) is 11.5 Å². The summed E-state index contributed by atoms with van der Waals surface area (Å²) in [5.74, 6) is 0.650. The van der Waals surface area contributed by atoms with E-state index in [0.717, 1.165) is 35.8 Å². The van der Waals surface area contributed by atoms with Crippen LogP contribution < -0.4 is 19.1 Å². The van der Waals surface area contributed by atoms with E-state index in [9.17, 15) is 13.2 Å². The van der Waals surface area contributed by atoms with Crippen molar-refractivity contribution in [3.8, 4) is 11.5 Å². The molecular weight excluding hydrogens is 454 g/mol. The summed E-state index contributed by atoms with van der Waals surface area (Å²) in [6, 6.07) is 12.2. The van der Waals surface area contributed by atoms with Crippen LogP contribution in [0.5, 0.6) is 11.5 Å². The van der Waals surface area contributed by atoms with Crippen molar-refractivity contribution in [3.05, 3.63) is 53.6 Å². The summed E-state index contributed by atoms with van der Waals surface area (Å²) in [7, 11) is -3.72. The lowest BCUT2D eigenvalue weighted by atomic mass is 10.1. The Kier molecular flexibility index (Phi) is 7.63. The molecule has 0 saturated carbocycles. The van der Waals surface area contributed by atoms with Crippen molar-refractivity contribution in [1.29, 1.82) is 0 Å². The number of anilines is 1. The molecule has 0 unspecified atom stereocenters. The van der Waals surface area contributed by atoms with Gasteiger partial charge in [-0.3, -0.25) is 14.0 Å². The van der Waals surface area contributed by atoms with Crippen molar-refractivity contribution >= 4 is 21.6 Å². The number of rotatable bonds is 8. The SMILES string of the molecule is C[C@H](C(=O)NCc1ccc(CN2CCCCC2)cc1)N(c1ccc2c(c1)OCCO2)S(C)(=O)=O. The average molecular weight is 488 g/mol. The van der Waals surface area contributed by atoms with Gasteiger partial charge in [-0.1, -0.05) is 30.7 Å². The number of amides is 1. The van der Waals surface area contributed by atoms with Crippen LogP contribution in [0.3, 0.4) is 0 Å². The Morgan fingerprint density at radius 3 is 2.32 bits per heavy atom. The number of likely N-dealkylation sites (tertiary alicyclic amines) is 1. The quantitative estimate of drug-likeness (QED) is 0.616. The zero-order chi connectivity index (χ0) is 24.1. The Labute approximate surface area is 201 Å². The number of nitrogens with zero attached hydrogens (tertiary/aromatic N) is 2. The second kappa shape index (κ2) is 10.7. The zero-order valence-corrected chi connectivity index (χ0v) is 20.6. The smallest absolute Gasteiger partial charge is 0.243 e. The number of hydrogen-bond donors (Lipinski definition) is 1. The zero-order valence-electron chi connectivity index (χ0n) is 19.8. The van der Waals surface area contributed by atoms with Crippen LogP contribution in [0.4, 0.5) is 5.69 Å². The van der Waals surface area contributed by atoms with E-state index < -0.39 is 16.1 Å². The normalized spacial score (nSPS) is 17.1. The summed E-state index contributed by atoms with van der Waals surface area (Å²) >= 11 is 0. The molecule has 1 saturated heterocycles. The van der Waals surface area contributed by atoms with Gasteiger partial charge in [0, 0.05) is 19.2 Å². The Balaban J connectivity index is 1.39. The number of fused-ring (bicyclic) bond motifs is 1. The summed E-state index contributed by atoms with van der Waals surface area (Å²) in [6.45, 7) is 5.98. The molecule has 1 amide bonds. The minimum absolute atomic E-state index is 0.325. The van der Waals surface area contributed by atoms with Gasteiger partial charge in [-0.15, -0.1) is 0 Å². The Hall–Kier alpha value is -2.78. The van der Waals surface area contributed by atoms with E-state index in [-0.39, 0.29) is 5.91 Å². The summed E-state index contributed by atoms with van der Waals surface area (Å²) in [5, 5.41) is 2.87. The van der Waals surface area contributed by atoms with Crippen molar-refractivity contribution in [2.75, 3.05) is 36.9 Å². The summed E-state index contributed by atoms with van der Waals surface area (Å²) in [5.41, 5.74) is 2.58. The highest BCUT2D eigenvalue weighted by Crippen LogP contribution is 2.35. The van der Waals surface area contributed by atoms with E-state index in [1.807, 2.05) is 12.1 Å². The van der Waals surface area contributed by atoms with Crippen molar-refractivity contribution in [1.82, 2.24) is 10.2 Å². The molecule has 1 N–H and O–H groups in total. The van der Waals surface area contributed by atoms with E-state index in [1.54, 1.807) is 25.1 Å². The number of piperidine rings is 1. The van der Waals surface area contributed by atoms with Gasteiger partial charge in [-0.2, -0.15) is 0 Å². The molecule has 1 fully saturated rings. The lowest BCUT2D eigenvalue weighted by Gasteiger charge is -2.29. The first-order valence-corrected chi connectivity index (χ1v) is 13.6. The highest BCUT2D eigenvalue weighted by molar-refractivity contribution is 7.92. The second-order valence-corrected chi connectivity index (χ2v) is 10.8. The maximum Gasteiger partial charge on any atom is 0.243 e. The third kappa shape index (κ3) is 6.01. The number of hydrogen-bond acceptors (Lipinski definition) is 6. The molecule has 0 spiro atoms. The number of sulfonamides is 1. The molecule has 2 aliphatic rings. The Morgan fingerprint density at radius 2 is 1.65 bits per heavy atom. The standard InChI is InChI=1S/C25H33N3O5S/c1-19(28(34(2,30)31)22-10-11-23-24(16-22)33-15-14-32-23)25(29)26-17-20-6-8-21(9-7-20)18-27-12-4-3-5-13-27/h6-11,16,19H,3-5,12-15,17-18H2,1-2H3,(H,26,29)/t19-/m1/s1. The molecule has 2 aromatic rings. The van der Waals surface area contributed by atoms with Crippen molar-refractivity contribution in [2.24, 2.45) is 0 Å². The van der Waals surface area contributed by atoms with Crippen molar-refractivity contribution in [3.63, 3.8) is 0 Å². The summed E-state index contributed by atoms with van der Waals surface area (Å²) < 4.78 is 37.4. The topological polar surface area (TPSA) is 88.2 Å². The fourth-order valence-corrected chi connectivity index (χ4v) is 5.62. The van der Waals surface area contributed by atoms with Gasteiger partial charge in [0.05, 0.1) is 11.9 Å². The van der Waals surface area contributed by atoms with E-state index in [4.69, 9.17) is 9.47 Å². The summed E-state index contributed by atoms with van der Waals surface area (Å²) in [6.07, 6.45) is 4.94. The van der Waals surface area contributed by atoms with Crippen LogP contribution >= 0.6 is 0 Å². The van der Waals surface area contributed by atoms with Gasteiger partial charge in [0.2, 0.25) is 15.9 Å². The number of carbonyl (C=O) groups excluding carboxylic acids is 1. The largest absolute Gasteiger partial charge is 0.486 e. The van der Waals surface area contributed by atoms with Crippen molar-refractivity contribution in [2.45, 2.75) is 45.3 Å². The minimum Gasteiger partial charge on any atom is -0.486 e. The molecule has 8 nitrogen and oxygen atoms in total. The number of carbonyl (C=O) groups is 1. The molecule has 0 bridgehead atoms.